The topological polar surface area (TPSA) is 67.0 Å². The van der Waals surface area contributed by atoms with Gasteiger partial charge in [0.05, 0.1) is 5.52 Å². The van der Waals surface area contributed by atoms with E-state index in [-0.39, 0.29) is 11.7 Å². The second-order valence-corrected chi connectivity index (χ2v) is 6.00. The predicted molar refractivity (Wildman–Crippen MR) is 100 cm³/mol. The predicted octanol–water partition coefficient (Wildman–Crippen LogP) is 4.42. The van der Waals surface area contributed by atoms with Crippen LogP contribution in [0.25, 0.3) is 10.9 Å². The molecular formula is C21H16FN3O2. The SMILES string of the molecule is O=C(NCc1cccc(Oc2ccc(F)cc2)c1)c1n[nH]c2ccccc12. The Balaban J connectivity index is 1.44. The largest absolute Gasteiger partial charge is 0.457 e. The molecule has 1 aromatic heterocycles. The third-order valence-corrected chi connectivity index (χ3v) is 4.09. The molecule has 6 heteroatoms. The first-order valence-corrected chi connectivity index (χ1v) is 8.43. The molecule has 4 aromatic rings. The molecule has 27 heavy (non-hydrogen) atoms. The molecule has 0 fully saturated rings. The van der Waals surface area contributed by atoms with Crippen molar-refractivity contribution in [2.24, 2.45) is 0 Å². The Morgan fingerprint density at radius 2 is 1.81 bits per heavy atom. The molecule has 134 valence electrons. The molecular weight excluding hydrogens is 345 g/mol. The number of halogens is 1. The van der Waals surface area contributed by atoms with Gasteiger partial charge in [0.1, 0.15) is 17.3 Å². The maximum Gasteiger partial charge on any atom is 0.272 e. The fourth-order valence-corrected chi connectivity index (χ4v) is 2.76. The van der Waals surface area contributed by atoms with Gasteiger partial charge in [-0.2, -0.15) is 5.10 Å². The Bertz CT molecular complexity index is 1090. The Morgan fingerprint density at radius 3 is 2.67 bits per heavy atom. The minimum atomic E-state index is -0.315. The fourth-order valence-electron chi connectivity index (χ4n) is 2.76. The molecule has 0 aliphatic heterocycles. The van der Waals surface area contributed by atoms with E-state index in [1.54, 1.807) is 18.2 Å². The molecule has 0 spiro atoms. The van der Waals surface area contributed by atoms with Crippen molar-refractivity contribution in [1.82, 2.24) is 15.5 Å². The number of carbonyl (C=O) groups is 1. The summed E-state index contributed by atoms with van der Waals surface area (Å²) in [7, 11) is 0. The molecule has 0 unspecified atom stereocenters. The van der Waals surface area contributed by atoms with E-state index < -0.39 is 0 Å². The molecule has 0 atom stereocenters. The standard InChI is InChI=1S/C21H16FN3O2/c22-15-8-10-16(11-9-15)27-17-5-3-4-14(12-17)13-23-21(26)20-18-6-1-2-7-19(18)24-25-20/h1-12H,13H2,(H,23,26)(H,24,25). The number of rotatable bonds is 5. The number of ether oxygens (including phenoxy) is 1. The van der Waals surface area contributed by atoms with Crippen LogP contribution in [0.2, 0.25) is 0 Å². The van der Waals surface area contributed by atoms with Gasteiger partial charge in [0.15, 0.2) is 5.69 Å². The smallest absolute Gasteiger partial charge is 0.272 e. The van der Waals surface area contributed by atoms with Crippen molar-refractivity contribution in [2.45, 2.75) is 6.54 Å². The van der Waals surface area contributed by atoms with Crippen molar-refractivity contribution in [2.75, 3.05) is 0 Å². The number of H-pyrrole nitrogens is 1. The van der Waals surface area contributed by atoms with Crippen LogP contribution >= 0.6 is 0 Å². The van der Waals surface area contributed by atoms with Gasteiger partial charge in [-0.25, -0.2) is 4.39 Å². The number of fused-ring (bicyclic) bond motifs is 1. The van der Waals surface area contributed by atoms with Gasteiger partial charge in [-0.05, 0) is 48.0 Å². The van der Waals surface area contributed by atoms with Gasteiger partial charge in [0, 0.05) is 11.9 Å². The molecule has 2 N–H and O–H groups in total. The van der Waals surface area contributed by atoms with Crippen LogP contribution in [-0.4, -0.2) is 16.1 Å². The maximum absolute atomic E-state index is 13.0. The summed E-state index contributed by atoms with van der Waals surface area (Å²) in [5, 5.41) is 10.6. The highest BCUT2D eigenvalue weighted by Crippen LogP contribution is 2.22. The van der Waals surface area contributed by atoms with Gasteiger partial charge in [0.25, 0.3) is 5.91 Å². The van der Waals surface area contributed by atoms with Crippen LogP contribution in [0.15, 0.2) is 72.8 Å². The summed E-state index contributed by atoms with van der Waals surface area (Å²) in [5.41, 5.74) is 2.06. The summed E-state index contributed by atoms with van der Waals surface area (Å²) in [6.45, 7) is 0.334. The lowest BCUT2D eigenvalue weighted by molar-refractivity contribution is 0.0947. The monoisotopic (exact) mass is 361 g/mol. The molecule has 1 heterocycles. The zero-order chi connectivity index (χ0) is 18.6. The molecule has 0 saturated heterocycles. The van der Waals surface area contributed by atoms with Gasteiger partial charge < -0.3 is 10.1 Å². The van der Waals surface area contributed by atoms with Gasteiger partial charge in [0.2, 0.25) is 0 Å². The lowest BCUT2D eigenvalue weighted by Crippen LogP contribution is -2.23. The number of nitrogens with one attached hydrogen (secondary N) is 2. The van der Waals surface area contributed by atoms with E-state index in [1.807, 2.05) is 42.5 Å². The number of aromatic nitrogens is 2. The van der Waals surface area contributed by atoms with E-state index in [4.69, 9.17) is 4.74 Å². The number of carbonyl (C=O) groups excluding carboxylic acids is 1. The number of nitrogens with zero attached hydrogens (tertiary/aromatic N) is 1. The van der Waals surface area contributed by atoms with E-state index in [9.17, 15) is 9.18 Å². The quantitative estimate of drug-likeness (QED) is 0.553. The molecule has 3 aromatic carbocycles. The van der Waals surface area contributed by atoms with Gasteiger partial charge in [-0.15, -0.1) is 0 Å². The van der Waals surface area contributed by atoms with Crippen molar-refractivity contribution in [3.8, 4) is 11.5 Å². The molecule has 4 rings (SSSR count). The Hall–Kier alpha value is -3.67. The number of para-hydroxylation sites is 1. The number of amides is 1. The summed E-state index contributed by atoms with van der Waals surface area (Å²) in [4.78, 5) is 12.4. The maximum atomic E-state index is 13.0. The minimum absolute atomic E-state index is 0.252. The number of aromatic amines is 1. The van der Waals surface area contributed by atoms with Gasteiger partial charge in [-0.3, -0.25) is 9.89 Å². The lowest BCUT2D eigenvalue weighted by Gasteiger charge is -2.08. The number of hydrogen-bond acceptors (Lipinski definition) is 3. The van der Waals surface area contributed by atoms with Crippen LogP contribution in [0.5, 0.6) is 11.5 Å². The highest BCUT2D eigenvalue weighted by Gasteiger charge is 2.13. The van der Waals surface area contributed by atoms with Crippen molar-refractivity contribution in [3.63, 3.8) is 0 Å². The lowest BCUT2D eigenvalue weighted by atomic mass is 10.2. The van der Waals surface area contributed by atoms with Crippen molar-refractivity contribution in [1.29, 1.82) is 0 Å². The van der Waals surface area contributed by atoms with Crippen LogP contribution in [0.4, 0.5) is 4.39 Å². The second-order valence-electron chi connectivity index (χ2n) is 6.00. The van der Waals surface area contributed by atoms with Gasteiger partial charge in [-0.1, -0.05) is 30.3 Å². The molecule has 0 radical (unpaired) electrons. The average Bonchev–Trinajstić information content (AvgIpc) is 3.13. The first-order chi connectivity index (χ1) is 13.2. The average molecular weight is 361 g/mol. The van der Waals surface area contributed by atoms with Gasteiger partial charge >= 0.3 is 0 Å². The van der Waals surface area contributed by atoms with Crippen molar-refractivity contribution >= 4 is 16.8 Å². The highest BCUT2D eigenvalue weighted by molar-refractivity contribution is 6.04. The van der Waals surface area contributed by atoms with E-state index in [2.05, 4.69) is 15.5 Å². The Morgan fingerprint density at radius 1 is 1.00 bits per heavy atom. The molecule has 0 bridgehead atoms. The van der Waals surface area contributed by atoms with Crippen LogP contribution in [-0.2, 0) is 6.54 Å². The summed E-state index contributed by atoms with van der Waals surface area (Å²) in [5.74, 6) is 0.584. The highest BCUT2D eigenvalue weighted by atomic mass is 19.1. The third-order valence-electron chi connectivity index (χ3n) is 4.09. The zero-order valence-corrected chi connectivity index (χ0v) is 14.3. The van der Waals surface area contributed by atoms with Crippen molar-refractivity contribution in [3.05, 3.63) is 89.9 Å². The van der Waals surface area contributed by atoms with Crippen LogP contribution < -0.4 is 10.1 Å². The zero-order valence-electron chi connectivity index (χ0n) is 14.3. The van der Waals surface area contributed by atoms with E-state index in [1.165, 1.54) is 12.1 Å². The van der Waals surface area contributed by atoms with Crippen molar-refractivity contribution < 1.29 is 13.9 Å². The fraction of sp³-hybridized carbons (Fsp3) is 0.0476. The van der Waals surface area contributed by atoms with Crippen LogP contribution in [0.1, 0.15) is 16.1 Å². The Labute approximate surface area is 154 Å². The summed E-state index contributed by atoms with van der Waals surface area (Å²) in [6, 6.07) is 20.6. The van der Waals surface area contributed by atoms with E-state index >= 15 is 0 Å². The van der Waals surface area contributed by atoms with Crippen LogP contribution in [0.3, 0.4) is 0 Å². The molecule has 0 aliphatic carbocycles. The first kappa shape index (κ1) is 16.8. The summed E-state index contributed by atoms with van der Waals surface area (Å²) >= 11 is 0. The molecule has 0 saturated carbocycles. The first-order valence-electron chi connectivity index (χ1n) is 8.43. The molecule has 5 nitrogen and oxygen atoms in total. The number of benzene rings is 3. The minimum Gasteiger partial charge on any atom is -0.457 e. The summed E-state index contributed by atoms with van der Waals surface area (Å²) < 4.78 is 18.7. The summed E-state index contributed by atoms with van der Waals surface area (Å²) in [6.07, 6.45) is 0. The molecule has 1 amide bonds. The Kier molecular flexibility index (Phi) is 4.53. The van der Waals surface area contributed by atoms with Crippen LogP contribution in [0, 0.1) is 5.82 Å². The van der Waals surface area contributed by atoms with E-state index in [0.717, 1.165) is 16.5 Å². The third kappa shape index (κ3) is 3.79. The normalized spacial score (nSPS) is 10.7. The number of hydrogen-bond donors (Lipinski definition) is 2. The van der Waals surface area contributed by atoms with E-state index in [0.29, 0.717) is 23.7 Å². The second kappa shape index (κ2) is 7.29. The molecule has 0 aliphatic rings.